The van der Waals surface area contributed by atoms with Crippen molar-refractivity contribution in [3.63, 3.8) is 0 Å². The van der Waals surface area contributed by atoms with Crippen molar-refractivity contribution in [2.75, 3.05) is 38.7 Å². The van der Waals surface area contributed by atoms with Crippen molar-refractivity contribution in [1.29, 1.82) is 0 Å². The zero-order valence-corrected chi connectivity index (χ0v) is 20.5. The van der Waals surface area contributed by atoms with Crippen LogP contribution in [-0.2, 0) is 6.42 Å². The van der Waals surface area contributed by atoms with Crippen molar-refractivity contribution in [3.8, 4) is 5.75 Å². The van der Waals surface area contributed by atoms with Crippen molar-refractivity contribution in [2.45, 2.75) is 46.0 Å². The van der Waals surface area contributed by atoms with Gasteiger partial charge in [0.1, 0.15) is 12.0 Å². The van der Waals surface area contributed by atoms with Crippen molar-refractivity contribution in [3.05, 3.63) is 54.3 Å². The van der Waals surface area contributed by atoms with Crippen LogP contribution >= 0.6 is 0 Å². The molecule has 1 aromatic heterocycles. The summed E-state index contributed by atoms with van der Waals surface area (Å²) < 4.78 is 11.7. The van der Waals surface area contributed by atoms with Gasteiger partial charge in [0.15, 0.2) is 0 Å². The van der Waals surface area contributed by atoms with Crippen LogP contribution < -0.4 is 15.4 Å². The van der Waals surface area contributed by atoms with Gasteiger partial charge in [-0.1, -0.05) is 38.1 Å². The first-order valence-corrected chi connectivity index (χ1v) is 12.0. The normalized spacial score (nSPS) is 12.0. The number of nitrogens with two attached hydrogens (primary N) is 1. The molecule has 33 heavy (non-hydrogen) atoms. The summed E-state index contributed by atoms with van der Waals surface area (Å²) in [7, 11) is 3.36. The maximum absolute atomic E-state index is 6.37. The highest BCUT2D eigenvalue weighted by molar-refractivity contribution is 6.08. The first kappa shape index (κ1) is 24.6. The van der Waals surface area contributed by atoms with E-state index < -0.39 is 0 Å². The number of aliphatic imine (C=N–C) groups is 1. The lowest BCUT2D eigenvalue weighted by Gasteiger charge is -2.24. The second-order valence-electron chi connectivity index (χ2n) is 8.35. The molecule has 0 saturated heterocycles. The predicted octanol–water partition coefficient (Wildman–Crippen LogP) is 5.97. The number of benzene rings is 2. The number of unbranched alkanes of at least 4 members (excludes halogenated alkanes) is 1. The van der Waals surface area contributed by atoms with Crippen molar-refractivity contribution < 1.29 is 9.15 Å². The molecule has 0 radical (unpaired) electrons. The quantitative estimate of drug-likeness (QED) is 0.209. The van der Waals surface area contributed by atoms with Gasteiger partial charge in [-0.15, -0.1) is 0 Å². The maximum Gasteiger partial charge on any atom is 0.214 e. The zero-order valence-electron chi connectivity index (χ0n) is 20.5. The molecule has 3 rings (SSSR count). The topological polar surface area (TPSA) is 67.2 Å². The number of fused-ring (bicyclic) bond motifs is 1. The van der Waals surface area contributed by atoms with Gasteiger partial charge in [-0.2, -0.15) is 0 Å². The second kappa shape index (κ2) is 12.3. The molecule has 0 aliphatic rings. The molecular formula is C27H38N4O2. The first-order chi connectivity index (χ1) is 16.1. The van der Waals surface area contributed by atoms with E-state index in [-0.39, 0.29) is 0 Å². The summed E-state index contributed by atoms with van der Waals surface area (Å²) in [6.07, 6.45) is 7.48. The fourth-order valence-corrected chi connectivity index (χ4v) is 4.29. The fourth-order valence-electron chi connectivity index (χ4n) is 4.29. The Kier molecular flexibility index (Phi) is 9.19. The number of methoxy groups -OCH3 is 1. The van der Waals surface area contributed by atoms with E-state index in [1.807, 2.05) is 35.2 Å². The SMILES string of the molecule is CCCN(CCC)CCCCc1ccc(OC)c(N(C(N)=NC)c2occ3ccccc23)c1. The van der Waals surface area contributed by atoms with Gasteiger partial charge >= 0.3 is 0 Å². The van der Waals surface area contributed by atoms with Gasteiger partial charge in [-0.05, 0) is 75.5 Å². The average molecular weight is 451 g/mol. The summed E-state index contributed by atoms with van der Waals surface area (Å²) in [5.41, 5.74) is 8.45. The number of furan rings is 1. The summed E-state index contributed by atoms with van der Waals surface area (Å²) in [6.45, 7) is 8.02. The lowest BCUT2D eigenvalue weighted by molar-refractivity contribution is 0.269. The van der Waals surface area contributed by atoms with Gasteiger partial charge in [0.25, 0.3) is 0 Å². The molecule has 0 fully saturated rings. The molecule has 0 aliphatic heterocycles. The van der Waals surface area contributed by atoms with E-state index in [1.165, 1.54) is 37.9 Å². The van der Waals surface area contributed by atoms with Crippen LogP contribution in [0.2, 0.25) is 0 Å². The van der Waals surface area contributed by atoms with E-state index in [1.54, 1.807) is 20.4 Å². The molecule has 0 atom stereocenters. The van der Waals surface area contributed by atoms with Gasteiger partial charge in [0.2, 0.25) is 11.8 Å². The van der Waals surface area contributed by atoms with Crippen LogP contribution in [0.4, 0.5) is 11.6 Å². The van der Waals surface area contributed by atoms with Crippen LogP contribution in [0.3, 0.4) is 0 Å². The van der Waals surface area contributed by atoms with Crippen LogP contribution in [0.5, 0.6) is 5.75 Å². The van der Waals surface area contributed by atoms with Gasteiger partial charge < -0.3 is 19.8 Å². The highest BCUT2D eigenvalue weighted by Crippen LogP contribution is 2.39. The molecule has 2 N–H and O–H groups in total. The Morgan fingerprint density at radius 1 is 1.03 bits per heavy atom. The Labute approximate surface area is 198 Å². The summed E-state index contributed by atoms with van der Waals surface area (Å²) in [5, 5.41) is 1.99. The third kappa shape index (κ3) is 6.08. The number of hydrogen-bond acceptors (Lipinski definition) is 4. The maximum atomic E-state index is 6.37. The molecule has 0 unspecified atom stereocenters. The average Bonchev–Trinajstić information content (AvgIpc) is 3.26. The Balaban J connectivity index is 1.84. The number of rotatable bonds is 12. The van der Waals surface area contributed by atoms with Crippen molar-refractivity contribution in [1.82, 2.24) is 4.90 Å². The minimum Gasteiger partial charge on any atom is -0.495 e. The molecular weight excluding hydrogens is 412 g/mol. The Morgan fingerprint density at radius 3 is 2.48 bits per heavy atom. The van der Waals surface area contributed by atoms with Gasteiger partial charge in [-0.3, -0.25) is 4.99 Å². The van der Waals surface area contributed by atoms with E-state index in [0.29, 0.717) is 11.8 Å². The molecule has 0 spiro atoms. The molecule has 6 nitrogen and oxygen atoms in total. The van der Waals surface area contributed by atoms with E-state index >= 15 is 0 Å². The molecule has 0 bridgehead atoms. The fraction of sp³-hybridized carbons (Fsp3) is 0.444. The highest BCUT2D eigenvalue weighted by Gasteiger charge is 2.23. The smallest absolute Gasteiger partial charge is 0.214 e. The van der Waals surface area contributed by atoms with Crippen LogP contribution in [0.25, 0.3) is 10.8 Å². The molecule has 1 heterocycles. The first-order valence-electron chi connectivity index (χ1n) is 12.0. The van der Waals surface area contributed by atoms with E-state index in [9.17, 15) is 0 Å². The number of guanidine groups is 1. The summed E-state index contributed by atoms with van der Waals surface area (Å²) in [6, 6.07) is 14.3. The van der Waals surface area contributed by atoms with Crippen LogP contribution in [-0.4, -0.2) is 44.7 Å². The van der Waals surface area contributed by atoms with E-state index in [2.05, 4.69) is 35.9 Å². The number of aryl methyl sites for hydroxylation is 1. The summed E-state index contributed by atoms with van der Waals surface area (Å²) in [5.74, 6) is 1.71. The second-order valence-corrected chi connectivity index (χ2v) is 8.35. The van der Waals surface area contributed by atoms with Crippen LogP contribution in [0.15, 0.2) is 58.1 Å². The van der Waals surface area contributed by atoms with Crippen molar-refractivity contribution in [2.24, 2.45) is 10.7 Å². The molecule has 178 valence electrons. The molecule has 3 aromatic rings. The van der Waals surface area contributed by atoms with Crippen LogP contribution in [0, 0.1) is 0 Å². The zero-order chi connectivity index (χ0) is 23.6. The summed E-state index contributed by atoms with van der Waals surface area (Å²) in [4.78, 5) is 8.68. The Morgan fingerprint density at radius 2 is 1.79 bits per heavy atom. The minimum atomic E-state index is 0.348. The van der Waals surface area contributed by atoms with Gasteiger partial charge in [-0.25, -0.2) is 4.90 Å². The predicted molar refractivity (Wildman–Crippen MR) is 139 cm³/mol. The summed E-state index contributed by atoms with van der Waals surface area (Å²) >= 11 is 0. The van der Waals surface area contributed by atoms with Gasteiger partial charge in [0, 0.05) is 17.8 Å². The number of hydrogen-bond donors (Lipinski definition) is 1. The third-order valence-corrected chi connectivity index (χ3v) is 5.90. The highest BCUT2D eigenvalue weighted by atomic mass is 16.5. The van der Waals surface area contributed by atoms with Crippen LogP contribution in [0.1, 0.15) is 45.1 Å². The standard InChI is InChI=1S/C27H38N4O2/c1-5-16-30(17-6-2)18-10-9-11-21-14-15-25(32-4)24(19-21)31(27(28)29-3)26-23-13-8-7-12-22(23)20-33-26/h7-8,12-15,19-20H,5-6,9-11,16-18H2,1-4H3,(H2,28,29). The molecule has 0 aliphatic carbocycles. The lowest BCUT2D eigenvalue weighted by atomic mass is 10.1. The monoisotopic (exact) mass is 450 g/mol. The molecule has 0 amide bonds. The van der Waals surface area contributed by atoms with Crippen molar-refractivity contribution >= 4 is 28.3 Å². The Bertz CT molecular complexity index is 1040. The minimum absolute atomic E-state index is 0.348. The lowest BCUT2D eigenvalue weighted by Crippen LogP contribution is -2.33. The van der Waals surface area contributed by atoms with Gasteiger partial charge in [0.05, 0.1) is 12.8 Å². The number of ether oxygens (including phenoxy) is 1. The number of nitrogens with zero attached hydrogens (tertiary/aromatic N) is 3. The largest absolute Gasteiger partial charge is 0.495 e. The number of anilines is 2. The molecule has 2 aromatic carbocycles. The Hall–Kier alpha value is -2.99. The molecule has 6 heteroatoms. The van der Waals surface area contributed by atoms with E-state index in [0.717, 1.165) is 41.6 Å². The van der Waals surface area contributed by atoms with E-state index in [4.69, 9.17) is 14.9 Å². The molecule has 0 saturated carbocycles. The third-order valence-electron chi connectivity index (χ3n) is 5.90.